The topological polar surface area (TPSA) is 3.24 Å². The molecule has 0 spiro atoms. The third-order valence-electron chi connectivity index (χ3n) is 14.3. The van der Waals surface area contributed by atoms with Crippen LogP contribution < -0.4 is 0 Å². The summed E-state index contributed by atoms with van der Waals surface area (Å²) in [5.41, 5.74) is 8.72. The normalized spacial score (nSPS) is 37.1. The number of thioether (sulfide) groups is 1. The first-order valence-corrected chi connectivity index (χ1v) is 20.5. The smallest absolute Gasteiger partial charge is 0.0255 e. The minimum atomic E-state index is 0.683. The summed E-state index contributed by atoms with van der Waals surface area (Å²) in [5.74, 6) is 5.05. The minimum Gasteiger partial charge on any atom is -0.292 e. The van der Waals surface area contributed by atoms with Crippen LogP contribution in [0.15, 0.2) is 109 Å². The molecule has 4 aromatic rings. The van der Waals surface area contributed by atoms with Gasteiger partial charge in [0, 0.05) is 28.6 Å². The molecular weight excluding hydrogens is 599 g/mol. The second kappa shape index (κ2) is 12.5. The molecule has 4 saturated carbocycles. The lowest BCUT2D eigenvalue weighted by Crippen LogP contribution is -2.73. The average molecular weight is 650 g/mol. The van der Waals surface area contributed by atoms with Crippen LogP contribution in [-0.4, -0.2) is 33.5 Å². The summed E-state index contributed by atoms with van der Waals surface area (Å²) in [4.78, 5) is 3.32. The molecular formula is C46H51NS. The van der Waals surface area contributed by atoms with Gasteiger partial charge in [0.1, 0.15) is 0 Å². The number of rotatable bonds is 4. The molecule has 0 bridgehead atoms. The maximum Gasteiger partial charge on any atom is 0.0255 e. The van der Waals surface area contributed by atoms with Crippen molar-refractivity contribution in [2.45, 2.75) is 111 Å². The highest BCUT2D eigenvalue weighted by molar-refractivity contribution is 8.00. The lowest BCUT2D eigenvalue weighted by Gasteiger charge is -2.69. The van der Waals surface area contributed by atoms with Gasteiger partial charge in [0.05, 0.1) is 0 Å². The molecule has 11 unspecified atom stereocenters. The van der Waals surface area contributed by atoms with Crippen molar-refractivity contribution in [2.75, 3.05) is 0 Å². The summed E-state index contributed by atoms with van der Waals surface area (Å²) in [7, 11) is 0. The maximum atomic E-state index is 3.32. The Labute approximate surface area is 292 Å². The van der Waals surface area contributed by atoms with Crippen LogP contribution >= 0.6 is 11.8 Å². The first-order valence-electron chi connectivity index (χ1n) is 19.5. The Bertz CT molecular complexity index is 1730. The van der Waals surface area contributed by atoms with Crippen LogP contribution in [0, 0.1) is 23.7 Å². The van der Waals surface area contributed by atoms with Crippen molar-refractivity contribution in [1.29, 1.82) is 0 Å². The van der Waals surface area contributed by atoms with Gasteiger partial charge in [0.2, 0.25) is 0 Å². The van der Waals surface area contributed by atoms with Crippen LogP contribution in [0.1, 0.15) is 93.6 Å². The first kappa shape index (κ1) is 30.1. The fourth-order valence-electron chi connectivity index (χ4n) is 12.5. The molecule has 6 fully saturated rings. The Morgan fingerprint density at radius 3 is 1.90 bits per heavy atom. The fourth-order valence-corrected chi connectivity index (χ4v) is 14.5. The standard InChI is InChI=1S/C46H51NS/c1-3-12-30(13-4-1)32-16-9-18-34(26-32)35-24-25-42-43(28-35)48-44-29-40(36-19-10-17-33(27-36)31-14-5-2-6-15-31)39-22-11-21-38-37-20-7-8-23-41(37)47(42)46(44)45(38)39/h1-6,9-10,12-19,26-27,35,37-46H,7-8,11,20-25,28-29H2. The van der Waals surface area contributed by atoms with Gasteiger partial charge in [-0.15, -0.1) is 0 Å². The molecule has 0 aromatic heterocycles. The van der Waals surface area contributed by atoms with E-state index in [1.54, 1.807) is 11.1 Å². The lowest BCUT2D eigenvalue weighted by molar-refractivity contribution is -0.143. The Kier molecular flexibility index (Phi) is 7.83. The number of nitrogens with zero attached hydrogens (tertiary/aromatic N) is 1. The van der Waals surface area contributed by atoms with Crippen LogP contribution in [0.2, 0.25) is 0 Å². The van der Waals surface area contributed by atoms with Gasteiger partial charge in [0.15, 0.2) is 0 Å². The van der Waals surface area contributed by atoms with Crippen LogP contribution in [-0.2, 0) is 0 Å². The van der Waals surface area contributed by atoms with Gasteiger partial charge in [0.25, 0.3) is 0 Å². The summed E-state index contributed by atoms with van der Waals surface area (Å²) >= 11 is 2.49. The third kappa shape index (κ3) is 5.07. The molecule has 10 rings (SSSR count). The Morgan fingerprint density at radius 2 is 1.12 bits per heavy atom. The summed E-state index contributed by atoms with van der Waals surface area (Å²) in [6, 6.07) is 44.0. The van der Waals surface area contributed by atoms with E-state index in [1.807, 2.05) is 0 Å². The van der Waals surface area contributed by atoms with Crippen molar-refractivity contribution in [1.82, 2.24) is 4.90 Å². The van der Waals surface area contributed by atoms with E-state index < -0.39 is 0 Å². The number of hydrogen-bond donors (Lipinski definition) is 0. The predicted molar refractivity (Wildman–Crippen MR) is 202 cm³/mol. The zero-order valence-electron chi connectivity index (χ0n) is 28.4. The minimum absolute atomic E-state index is 0.683. The van der Waals surface area contributed by atoms with E-state index in [4.69, 9.17) is 0 Å². The largest absolute Gasteiger partial charge is 0.292 e. The van der Waals surface area contributed by atoms with Gasteiger partial charge in [-0.05, 0) is 120 Å². The van der Waals surface area contributed by atoms with Crippen molar-refractivity contribution in [2.24, 2.45) is 23.7 Å². The summed E-state index contributed by atoms with van der Waals surface area (Å²) in [6.07, 6.45) is 15.8. The second-order valence-corrected chi connectivity index (χ2v) is 17.9. The number of piperidine rings is 1. The van der Waals surface area contributed by atoms with Crippen LogP contribution in [0.5, 0.6) is 0 Å². The first-order chi connectivity index (χ1) is 23.8. The zero-order valence-corrected chi connectivity index (χ0v) is 29.2. The highest BCUT2D eigenvalue weighted by Crippen LogP contribution is 2.64. The highest BCUT2D eigenvalue weighted by atomic mass is 32.2. The molecule has 48 heavy (non-hydrogen) atoms. The van der Waals surface area contributed by atoms with Crippen LogP contribution in [0.3, 0.4) is 0 Å². The average Bonchev–Trinajstić information content (AvgIpc) is 3.17. The highest BCUT2D eigenvalue weighted by Gasteiger charge is 2.62. The van der Waals surface area contributed by atoms with Crippen LogP contribution in [0.25, 0.3) is 22.3 Å². The maximum absolute atomic E-state index is 3.32. The SMILES string of the molecule is c1ccc(-c2cccc(C3CCC4C(C3)SC3CC(c5cccc(-c6ccccc6)c5)C5CCCC6C7CCCCC7N4C3C56)c2)cc1. The molecule has 4 aliphatic carbocycles. The van der Waals surface area contributed by atoms with Gasteiger partial charge in [-0.2, -0.15) is 11.8 Å². The molecule has 4 aromatic carbocycles. The quantitative estimate of drug-likeness (QED) is 0.216. The Hall–Kier alpha value is -2.81. The monoisotopic (exact) mass is 649 g/mol. The molecule has 0 N–H and O–H groups in total. The lowest BCUT2D eigenvalue weighted by atomic mass is 9.51. The molecule has 6 aliphatic rings. The molecule has 0 radical (unpaired) electrons. The van der Waals surface area contributed by atoms with E-state index in [-0.39, 0.29) is 0 Å². The van der Waals surface area contributed by atoms with Crippen molar-refractivity contribution in [3.05, 3.63) is 120 Å². The van der Waals surface area contributed by atoms with Gasteiger partial charge < -0.3 is 0 Å². The number of hydrogen-bond acceptors (Lipinski definition) is 2. The zero-order chi connectivity index (χ0) is 31.6. The van der Waals surface area contributed by atoms with Crippen molar-refractivity contribution in [3.63, 3.8) is 0 Å². The van der Waals surface area contributed by atoms with Crippen molar-refractivity contribution >= 4 is 11.8 Å². The molecule has 2 heterocycles. The molecule has 2 aliphatic heterocycles. The van der Waals surface area contributed by atoms with E-state index in [0.29, 0.717) is 11.8 Å². The van der Waals surface area contributed by atoms with Gasteiger partial charge >= 0.3 is 0 Å². The van der Waals surface area contributed by atoms with E-state index in [0.717, 1.165) is 52.3 Å². The van der Waals surface area contributed by atoms with Crippen LogP contribution in [0.4, 0.5) is 0 Å². The van der Waals surface area contributed by atoms with E-state index in [2.05, 4.69) is 126 Å². The second-order valence-electron chi connectivity index (χ2n) is 16.4. The summed E-state index contributed by atoms with van der Waals surface area (Å²) < 4.78 is 0. The van der Waals surface area contributed by atoms with E-state index >= 15 is 0 Å². The number of fused-ring (bicyclic) bond motifs is 5. The Morgan fingerprint density at radius 1 is 0.479 bits per heavy atom. The summed E-state index contributed by atoms with van der Waals surface area (Å²) in [6.45, 7) is 0. The molecule has 2 heteroatoms. The molecule has 2 saturated heterocycles. The van der Waals surface area contributed by atoms with Crippen molar-refractivity contribution in [3.8, 4) is 22.3 Å². The Balaban J connectivity index is 0.997. The predicted octanol–water partition coefficient (Wildman–Crippen LogP) is 11.6. The molecule has 0 amide bonds. The van der Waals surface area contributed by atoms with E-state index in [9.17, 15) is 0 Å². The van der Waals surface area contributed by atoms with E-state index in [1.165, 1.54) is 92.9 Å². The third-order valence-corrected chi connectivity index (χ3v) is 16.0. The van der Waals surface area contributed by atoms with Gasteiger partial charge in [-0.3, -0.25) is 4.90 Å². The van der Waals surface area contributed by atoms with Gasteiger partial charge in [-0.1, -0.05) is 128 Å². The fraction of sp³-hybridized carbons (Fsp3) is 0.478. The molecule has 246 valence electrons. The molecule has 1 nitrogen and oxygen atoms in total. The van der Waals surface area contributed by atoms with Gasteiger partial charge in [-0.25, -0.2) is 0 Å². The molecule has 11 atom stereocenters. The summed E-state index contributed by atoms with van der Waals surface area (Å²) in [5, 5.41) is 1.54. The van der Waals surface area contributed by atoms with Crippen molar-refractivity contribution < 1.29 is 0 Å². The number of benzene rings is 4.